The first-order valence-electron chi connectivity index (χ1n) is 9.35. The molecule has 0 aliphatic heterocycles. The second-order valence-electron chi connectivity index (χ2n) is 6.72. The molecular formula is C22H28ClN. The standard InChI is InChI=1S/C22H28ClN/c1-2-3-4-5-10-16-24(17-15-23)22-20-13-8-6-11-18(20)19-12-7-9-14-21(19)22/h6-9,11-14,22H,2-5,10,15-17H2,1H3. The van der Waals surface area contributed by atoms with Crippen LogP contribution in [0.4, 0.5) is 0 Å². The average molecular weight is 342 g/mol. The fraction of sp³-hybridized carbons (Fsp3) is 0.455. The minimum atomic E-state index is 0.363. The van der Waals surface area contributed by atoms with Crippen LogP contribution in [0.1, 0.15) is 56.2 Å². The molecule has 0 N–H and O–H groups in total. The van der Waals surface area contributed by atoms with Gasteiger partial charge in [0.05, 0.1) is 6.04 Å². The average Bonchev–Trinajstić information content (AvgIpc) is 2.95. The fourth-order valence-corrected chi connectivity index (χ4v) is 4.14. The van der Waals surface area contributed by atoms with E-state index in [9.17, 15) is 0 Å². The Kier molecular flexibility index (Phi) is 6.34. The summed E-state index contributed by atoms with van der Waals surface area (Å²) in [6.07, 6.45) is 6.59. The summed E-state index contributed by atoms with van der Waals surface area (Å²) >= 11 is 6.15. The van der Waals surface area contributed by atoms with Crippen molar-refractivity contribution in [3.63, 3.8) is 0 Å². The number of unbranched alkanes of at least 4 members (excludes halogenated alkanes) is 4. The third-order valence-electron chi connectivity index (χ3n) is 5.09. The van der Waals surface area contributed by atoms with Crippen molar-refractivity contribution in [3.8, 4) is 11.1 Å². The topological polar surface area (TPSA) is 3.24 Å². The molecule has 2 aromatic rings. The Morgan fingerprint density at radius 2 is 1.38 bits per heavy atom. The van der Waals surface area contributed by atoms with Crippen LogP contribution in [0.25, 0.3) is 11.1 Å². The van der Waals surface area contributed by atoms with E-state index in [1.165, 1.54) is 54.4 Å². The summed E-state index contributed by atoms with van der Waals surface area (Å²) in [5.74, 6) is 0.690. The molecule has 24 heavy (non-hydrogen) atoms. The Morgan fingerprint density at radius 1 is 0.792 bits per heavy atom. The lowest BCUT2D eigenvalue weighted by atomic mass is 10.0. The highest BCUT2D eigenvalue weighted by Crippen LogP contribution is 2.46. The zero-order valence-corrected chi connectivity index (χ0v) is 15.4. The molecule has 0 saturated heterocycles. The van der Waals surface area contributed by atoms with Crippen LogP contribution in [0.3, 0.4) is 0 Å². The van der Waals surface area contributed by atoms with Gasteiger partial charge in [0.15, 0.2) is 0 Å². The van der Waals surface area contributed by atoms with Gasteiger partial charge in [-0.3, -0.25) is 4.90 Å². The van der Waals surface area contributed by atoms with Crippen LogP contribution in [-0.4, -0.2) is 23.9 Å². The molecule has 0 heterocycles. The first-order valence-corrected chi connectivity index (χ1v) is 9.88. The highest BCUT2D eigenvalue weighted by Gasteiger charge is 2.31. The van der Waals surface area contributed by atoms with Gasteiger partial charge in [0, 0.05) is 12.4 Å². The van der Waals surface area contributed by atoms with Crippen LogP contribution in [0.5, 0.6) is 0 Å². The van der Waals surface area contributed by atoms with Gasteiger partial charge in [0.2, 0.25) is 0 Å². The quantitative estimate of drug-likeness (QED) is 0.384. The van der Waals surface area contributed by atoms with Gasteiger partial charge in [-0.2, -0.15) is 0 Å². The van der Waals surface area contributed by atoms with Gasteiger partial charge < -0.3 is 0 Å². The zero-order chi connectivity index (χ0) is 16.8. The Morgan fingerprint density at radius 3 is 1.96 bits per heavy atom. The molecule has 0 amide bonds. The SMILES string of the molecule is CCCCCCCN(CCCl)C1c2ccccc2-c2ccccc21. The van der Waals surface area contributed by atoms with Crippen LogP contribution >= 0.6 is 11.6 Å². The van der Waals surface area contributed by atoms with Gasteiger partial charge in [-0.25, -0.2) is 0 Å². The van der Waals surface area contributed by atoms with Crippen molar-refractivity contribution < 1.29 is 0 Å². The van der Waals surface area contributed by atoms with Crippen LogP contribution < -0.4 is 0 Å². The lowest BCUT2D eigenvalue weighted by Crippen LogP contribution is -2.31. The molecule has 0 fully saturated rings. The molecule has 0 bridgehead atoms. The number of alkyl halides is 1. The Bertz CT molecular complexity index is 606. The predicted molar refractivity (Wildman–Crippen MR) is 105 cm³/mol. The van der Waals surface area contributed by atoms with Crippen LogP contribution in [-0.2, 0) is 0 Å². The Labute approximate surface area is 151 Å². The molecule has 2 aromatic carbocycles. The molecule has 0 atom stereocenters. The van der Waals surface area contributed by atoms with E-state index in [-0.39, 0.29) is 0 Å². The molecular weight excluding hydrogens is 314 g/mol. The van der Waals surface area contributed by atoms with E-state index in [1.54, 1.807) is 0 Å². The lowest BCUT2D eigenvalue weighted by molar-refractivity contribution is 0.236. The largest absolute Gasteiger partial charge is 0.291 e. The minimum absolute atomic E-state index is 0.363. The monoisotopic (exact) mass is 341 g/mol. The van der Waals surface area contributed by atoms with Crippen LogP contribution in [0, 0.1) is 0 Å². The molecule has 1 aliphatic rings. The summed E-state index contributed by atoms with van der Waals surface area (Å²) in [5.41, 5.74) is 5.67. The van der Waals surface area contributed by atoms with Crippen LogP contribution in [0.15, 0.2) is 48.5 Å². The summed E-state index contributed by atoms with van der Waals surface area (Å²) < 4.78 is 0. The van der Waals surface area contributed by atoms with Gasteiger partial charge in [0.1, 0.15) is 0 Å². The van der Waals surface area contributed by atoms with Gasteiger partial charge in [-0.15, -0.1) is 11.6 Å². The summed E-state index contributed by atoms with van der Waals surface area (Å²) in [7, 11) is 0. The van der Waals surface area contributed by atoms with Crippen molar-refractivity contribution in [1.82, 2.24) is 4.90 Å². The maximum atomic E-state index is 6.15. The Hall–Kier alpha value is -1.31. The second-order valence-corrected chi connectivity index (χ2v) is 7.09. The fourth-order valence-electron chi connectivity index (χ4n) is 3.92. The third kappa shape index (κ3) is 3.68. The number of benzene rings is 2. The first kappa shape index (κ1) is 17.5. The van der Waals surface area contributed by atoms with Gasteiger partial charge >= 0.3 is 0 Å². The number of nitrogens with zero attached hydrogens (tertiary/aromatic N) is 1. The van der Waals surface area contributed by atoms with Gasteiger partial charge in [-0.05, 0) is 35.2 Å². The molecule has 0 aromatic heterocycles. The molecule has 0 radical (unpaired) electrons. The molecule has 2 heteroatoms. The summed E-state index contributed by atoms with van der Waals surface area (Å²) in [6, 6.07) is 18.1. The number of halogens is 1. The Balaban J connectivity index is 1.82. The second kappa shape index (κ2) is 8.69. The number of hydrogen-bond acceptors (Lipinski definition) is 1. The number of hydrogen-bond donors (Lipinski definition) is 0. The van der Waals surface area contributed by atoms with E-state index < -0.39 is 0 Å². The summed E-state index contributed by atoms with van der Waals surface area (Å²) in [5, 5.41) is 0. The zero-order valence-electron chi connectivity index (χ0n) is 14.7. The van der Waals surface area contributed by atoms with Crippen LogP contribution in [0.2, 0.25) is 0 Å². The van der Waals surface area contributed by atoms with Gasteiger partial charge in [-0.1, -0.05) is 81.1 Å². The van der Waals surface area contributed by atoms with E-state index in [1.807, 2.05) is 0 Å². The predicted octanol–water partition coefficient (Wildman–Crippen LogP) is 6.27. The highest BCUT2D eigenvalue weighted by atomic mass is 35.5. The molecule has 1 aliphatic carbocycles. The van der Waals surface area contributed by atoms with Crippen molar-refractivity contribution in [1.29, 1.82) is 0 Å². The maximum absolute atomic E-state index is 6.15. The molecule has 128 valence electrons. The van der Waals surface area contributed by atoms with E-state index in [2.05, 4.69) is 60.4 Å². The maximum Gasteiger partial charge on any atom is 0.0614 e. The van der Waals surface area contributed by atoms with Crippen molar-refractivity contribution in [3.05, 3.63) is 59.7 Å². The number of fused-ring (bicyclic) bond motifs is 3. The molecule has 0 saturated carbocycles. The molecule has 1 nitrogen and oxygen atoms in total. The van der Waals surface area contributed by atoms with Crippen molar-refractivity contribution in [2.75, 3.05) is 19.0 Å². The number of rotatable bonds is 9. The van der Waals surface area contributed by atoms with Crippen molar-refractivity contribution >= 4 is 11.6 Å². The molecule has 3 rings (SSSR count). The highest BCUT2D eigenvalue weighted by molar-refractivity contribution is 6.18. The van der Waals surface area contributed by atoms with E-state index in [0.717, 1.165) is 13.1 Å². The molecule has 0 unspecified atom stereocenters. The van der Waals surface area contributed by atoms with E-state index in [4.69, 9.17) is 11.6 Å². The minimum Gasteiger partial charge on any atom is -0.291 e. The molecule has 0 spiro atoms. The first-order chi connectivity index (χ1) is 11.9. The van der Waals surface area contributed by atoms with Crippen molar-refractivity contribution in [2.45, 2.75) is 45.1 Å². The van der Waals surface area contributed by atoms with E-state index >= 15 is 0 Å². The smallest absolute Gasteiger partial charge is 0.0614 e. The van der Waals surface area contributed by atoms with Gasteiger partial charge in [0.25, 0.3) is 0 Å². The van der Waals surface area contributed by atoms with E-state index in [0.29, 0.717) is 11.9 Å². The lowest BCUT2D eigenvalue weighted by Gasteiger charge is -2.30. The summed E-state index contributed by atoms with van der Waals surface area (Å²) in [6.45, 7) is 4.35. The van der Waals surface area contributed by atoms with Crippen molar-refractivity contribution in [2.24, 2.45) is 0 Å². The summed E-state index contributed by atoms with van der Waals surface area (Å²) in [4.78, 5) is 2.59. The normalized spacial score (nSPS) is 13.3. The third-order valence-corrected chi connectivity index (χ3v) is 5.26.